The standard InChI is InChI=1S/C15H30O2Si/c1-7-10-15(16)11-8-9-13(12-15)17-18(5,6)14(2,3)4/h7,13,16H,1,8-12H2,2-6H3/t13-,15-/m1/s1. The van der Waals surface area contributed by atoms with Gasteiger partial charge in [-0.2, -0.15) is 0 Å². The highest BCUT2D eigenvalue weighted by Gasteiger charge is 2.42. The van der Waals surface area contributed by atoms with E-state index in [-0.39, 0.29) is 11.1 Å². The fourth-order valence-corrected chi connectivity index (χ4v) is 3.82. The Kier molecular flexibility index (Phi) is 4.85. The monoisotopic (exact) mass is 270 g/mol. The first kappa shape index (κ1) is 15.9. The van der Waals surface area contributed by atoms with Gasteiger partial charge in [-0.1, -0.05) is 26.8 Å². The Balaban J connectivity index is 2.66. The average molecular weight is 270 g/mol. The van der Waals surface area contributed by atoms with Gasteiger partial charge < -0.3 is 9.53 Å². The molecular weight excluding hydrogens is 240 g/mol. The summed E-state index contributed by atoms with van der Waals surface area (Å²) in [5.41, 5.74) is -0.576. The summed E-state index contributed by atoms with van der Waals surface area (Å²) in [6.07, 6.45) is 6.54. The quantitative estimate of drug-likeness (QED) is 0.611. The molecule has 0 saturated heterocycles. The van der Waals surface area contributed by atoms with Crippen LogP contribution < -0.4 is 0 Å². The second-order valence-corrected chi connectivity index (χ2v) is 12.1. The molecule has 1 aliphatic rings. The molecule has 0 aliphatic heterocycles. The summed E-state index contributed by atoms with van der Waals surface area (Å²) < 4.78 is 6.43. The zero-order valence-corrected chi connectivity index (χ0v) is 13.8. The van der Waals surface area contributed by atoms with Gasteiger partial charge in [-0.15, -0.1) is 6.58 Å². The molecule has 3 heteroatoms. The summed E-state index contributed by atoms with van der Waals surface area (Å²) in [7, 11) is -1.71. The molecule has 0 heterocycles. The lowest BCUT2D eigenvalue weighted by Crippen LogP contribution is -2.47. The van der Waals surface area contributed by atoms with Crippen LogP contribution in [0.15, 0.2) is 12.7 Å². The SMILES string of the molecule is C=CC[C@@]1(O)CCC[C@@H](O[Si](C)(C)C(C)(C)C)C1. The molecular formula is C15H30O2Si. The zero-order chi connectivity index (χ0) is 14.0. The maximum Gasteiger partial charge on any atom is 0.192 e. The molecule has 18 heavy (non-hydrogen) atoms. The minimum atomic E-state index is -1.71. The van der Waals surface area contributed by atoms with Gasteiger partial charge in [0.15, 0.2) is 8.32 Å². The van der Waals surface area contributed by atoms with E-state index in [2.05, 4.69) is 40.4 Å². The number of hydrogen-bond acceptors (Lipinski definition) is 2. The normalized spacial score (nSPS) is 30.2. The lowest BCUT2D eigenvalue weighted by molar-refractivity contribution is -0.0386. The number of rotatable bonds is 4. The van der Waals surface area contributed by atoms with Crippen molar-refractivity contribution in [2.24, 2.45) is 0 Å². The highest BCUT2D eigenvalue weighted by molar-refractivity contribution is 6.74. The lowest BCUT2D eigenvalue weighted by atomic mass is 9.81. The van der Waals surface area contributed by atoms with E-state index in [0.717, 1.165) is 25.7 Å². The predicted octanol–water partition coefficient (Wildman–Crippen LogP) is 4.26. The highest BCUT2D eigenvalue weighted by atomic mass is 28.4. The first-order chi connectivity index (χ1) is 8.10. The maximum atomic E-state index is 10.5. The lowest BCUT2D eigenvalue weighted by Gasteiger charge is -2.43. The summed E-state index contributed by atoms with van der Waals surface area (Å²) in [4.78, 5) is 0. The van der Waals surface area contributed by atoms with Gasteiger partial charge in [0.05, 0.1) is 5.60 Å². The molecule has 0 bridgehead atoms. The molecule has 1 fully saturated rings. The van der Waals surface area contributed by atoms with Crippen molar-refractivity contribution in [3.05, 3.63) is 12.7 Å². The second-order valence-electron chi connectivity index (χ2n) is 7.31. The summed E-state index contributed by atoms with van der Waals surface area (Å²) >= 11 is 0. The second kappa shape index (κ2) is 5.47. The molecule has 0 radical (unpaired) electrons. The van der Waals surface area contributed by atoms with E-state index in [9.17, 15) is 5.11 Å². The average Bonchev–Trinajstić information content (AvgIpc) is 2.14. The van der Waals surface area contributed by atoms with Crippen molar-refractivity contribution in [3.8, 4) is 0 Å². The van der Waals surface area contributed by atoms with Crippen molar-refractivity contribution in [3.63, 3.8) is 0 Å². The summed E-state index contributed by atoms with van der Waals surface area (Å²) in [6.45, 7) is 15.1. The molecule has 1 N–H and O–H groups in total. The Hall–Kier alpha value is -0.123. The molecule has 0 aromatic rings. The van der Waals surface area contributed by atoms with Crippen molar-refractivity contribution in [2.45, 2.75) is 82.7 Å². The molecule has 106 valence electrons. The van der Waals surface area contributed by atoms with E-state index in [1.165, 1.54) is 0 Å². The smallest absolute Gasteiger partial charge is 0.192 e. The van der Waals surface area contributed by atoms with Crippen LogP contribution in [0.4, 0.5) is 0 Å². The number of hydrogen-bond donors (Lipinski definition) is 1. The van der Waals surface area contributed by atoms with Crippen LogP contribution in [0.25, 0.3) is 0 Å². The zero-order valence-electron chi connectivity index (χ0n) is 12.8. The van der Waals surface area contributed by atoms with Crippen LogP contribution >= 0.6 is 0 Å². The van der Waals surface area contributed by atoms with Gasteiger partial charge in [0.2, 0.25) is 0 Å². The Bertz CT molecular complexity index is 293. The van der Waals surface area contributed by atoms with Crippen LogP contribution in [-0.4, -0.2) is 25.1 Å². The topological polar surface area (TPSA) is 29.5 Å². The van der Waals surface area contributed by atoms with Gasteiger partial charge in [0.1, 0.15) is 0 Å². The molecule has 2 nitrogen and oxygen atoms in total. The highest BCUT2D eigenvalue weighted by Crippen LogP contribution is 2.41. The van der Waals surface area contributed by atoms with Crippen molar-refractivity contribution < 1.29 is 9.53 Å². The van der Waals surface area contributed by atoms with Crippen LogP contribution in [0.1, 0.15) is 52.9 Å². The van der Waals surface area contributed by atoms with E-state index >= 15 is 0 Å². The van der Waals surface area contributed by atoms with Gasteiger partial charge in [0.25, 0.3) is 0 Å². The van der Waals surface area contributed by atoms with E-state index in [4.69, 9.17) is 4.43 Å². The molecule has 0 aromatic heterocycles. The molecule has 1 rings (SSSR count). The molecule has 0 amide bonds. The van der Waals surface area contributed by atoms with Crippen molar-refractivity contribution in [1.29, 1.82) is 0 Å². The van der Waals surface area contributed by atoms with Crippen LogP contribution in [0.5, 0.6) is 0 Å². The Morgan fingerprint density at radius 3 is 2.56 bits per heavy atom. The summed E-state index contributed by atoms with van der Waals surface area (Å²) in [5, 5.41) is 10.7. The summed E-state index contributed by atoms with van der Waals surface area (Å²) in [5.74, 6) is 0. The predicted molar refractivity (Wildman–Crippen MR) is 80.3 cm³/mol. The molecule has 1 saturated carbocycles. The fraction of sp³-hybridized carbons (Fsp3) is 0.867. The Labute approximate surface area is 114 Å². The van der Waals surface area contributed by atoms with Crippen LogP contribution in [0.2, 0.25) is 18.1 Å². The van der Waals surface area contributed by atoms with Crippen LogP contribution in [-0.2, 0) is 4.43 Å². The van der Waals surface area contributed by atoms with Gasteiger partial charge >= 0.3 is 0 Å². The largest absolute Gasteiger partial charge is 0.414 e. The minimum absolute atomic E-state index is 0.226. The van der Waals surface area contributed by atoms with E-state index in [1.807, 2.05) is 6.08 Å². The van der Waals surface area contributed by atoms with Crippen molar-refractivity contribution in [2.75, 3.05) is 0 Å². The van der Waals surface area contributed by atoms with Gasteiger partial charge in [0, 0.05) is 12.5 Å². The fourth-order valence-electron chi connectivity index (χ4n) is 2.43. The molecule has 0 spiro atoms. The Morgan fingerprint density at radius 1 is 1.44 bits per heavy atom. The third kappa shape index (κ3) is 3.94. The van der Waals surface area contributed by atoms with Gasteiger partial charge in [-0.05, 0) is 43.8 Å². The first-order valence-electron chi connectivity index (χ1n) is 7.11. The van der Waals surface area contributed by atoms with Crippen molar-refractivity contribution in [1.82, 2.24) is 0 Å². The maximum absolute atomic E-state index is 10.5. The van der Waals surface area contributed by atoms with Crippen molar-refractivity contribution >= 4 is 8.32 Å². The summed E-state index contributed by atoms with van der Waals surface area (Å²) in [6, 6.07) is 0. The van der Waals surface area contributed by atoms with Gasteiger partial charge in [-0.3, -0.25) is 0 Å². The van der Waals surface area contributed by atoms with Crippen LogP contribution in [0.3, 0.4) is 0 Å². The molecule has 0 aromatic carbocycles. The van der Waals surface area contributed by atoms with E-state index in [1.54, 1.807) is 0 Å². The van der Waals surface area contributed by atoms with Gasteiger partial charge in [-0.25, -0.2) is 0 Å². The third-order valence-corrected chi connectivity index (χ3v) is 9.10. The molecule has 1 aliphatic carbocycles. The van der Waals surface area contributed by atoms with Crippen LogP contribution in [0, 0.1) is 0 Å². The first-order valence-corrected chi connectivity index (χ1v) is 10.0. The van der Waals surface area contributed by atoms with E-state index in [0.29, 0.717) is 6.42 Å². The van der Waals surface area contributed by atoms with E-state index < -0.39 is 13.9 Å². The minimum Gasteiger partial charge on any atom is -0.414 e. The molecule has 0 unspecified atom stereocenters. The molecule has 2 atom stereocenters. The number of aliphatic hydroxyl groups is 1. The Morgan fingerprint density at radius 2 is 2.06 bits per heavy atom. The third-order valence-electron chi connectivity index (χ3n) is 4.57.